The first-order valence-electron chi connectivity index (χ1n) is 6.38. The largest absolute Gasteiger partial charge is 0.357 e. The lowest BCUT2D eigenvalue weighted by Crippen LogP contribution is -2.51. The highest BCUT2D eigenvalue weighted by atomic mass is 16.2. The zero-order valence-electron chi connectivity index (χ0n) is 11.4. The monoisotopic (exact) mass is 245 g/mol. The summed E-state index contributed by atoms with van der Waals surface area (Å²) in [6, 6.07) is 8.07. The summed E-state index contributed by atoms with van der Waals surface area (Å²) in [4.78, 5) is 12.4. The lowest BCUT2D eigenvalue weighted by Gasteiger charge is -2.17. The van der Waals surface area contributed by atoms with Crippen LogP contribution in [0, 0.1) is 5.41 Å². The van der Waals surface area contributed by atoms with E-state index < -0.39 is 0 Å². The highest BCUT2D eigenvalue weighted by molar-refractivity contribution is 5.96. The first-order chi connectivity index (χ1) is 8.45. The quantitative estimate of drug-likeness (QED) is 0.865. The number of hydrogen-bond acceptors (Lipinski definition) is 1. The van der Waals surface area contributed by atoms with E-state index in [1.54, 1.807) is 4.57 Å². The number of benzene rings is 1. The van der Waals surface area contributed by atoms with Crippen LogP contribution in [0.4, 0.5) is 0 Å². The zero-order chi connectivity index (χ0) is 13.3. The molecular weight excluding hydrogens is 224 g/mol. The van der Waals surface area contributed by atoms with Gasteiger partial charge >= 0.3 is 0 Å². The van der Waals surface area contributed by atoms with Gasteiger partial charge in [0, 0.05) is 23.4 Å². The average molecular weight is 245 g/mol. The number of hydrogen-bond donors (Lipinski definition) is 1. The van der Waals surface area contributed by atoms with Crippen molar-refractivity contribution in [3.63, 3.8) is 0 Å². The summed E-state index contributed by atoms with van der Waals surface area (Å²) >= 11 is 0. The van der Waals surface area contributed by atoms with Crippen LogP contribution in [0.5, 0.6) is 0 Å². The average Bonchev–Trinajstić information content (AvgIpc) is 2.67. The molecule has 0 fully saturated rings. The number of para-hydroxylation sites is 1. The van der Waals surface area contributed by atoms with Crippen molar-refractivity contribution in [2.45, 2.75) is 27.2 Å². The Balaban J connectivity index is 2.61. The third kappa shape index (κ3) is 2.18. The van der Waals surface area contributed by atoms with Crippen LogP contribution in [0.25, 0.3) is 10.9 Å². The molecule has 0 atom stereocenters. The van der Waals surface area contributed by atoms with Crippen molar-refractivity contribution in [3.05, 3.63) is 36.0 Å². The molecule has 0 aliphatic rings. The molecule has 0 aliphatic carbocycles. The number of rotatable bonds is 2. The number of nitrogens with zero attached hydrogens (tertiary/aromatic N) is 1. The van der Waals surface area contributed by atoms with E-state index >= 15 is 0 Å². The molecule has 0 aliphatic heterocycles. The van der Waals surface area contributed by atoms with E-state index in [0.717, 1.165) is 18.5 Å². The van der Waals surface area contributed by atoms with Gasteiger partial charge in [-0.25, -0.2) is 0 Å². The third-order valence-electron chi connectivity index (χ3n) is 3.10. The number of aromatic nitrogens is 1. The fourth-order valence-corrected chi connectivity index (χ4v) is 2.17. The number of fused-ring (bicyclic) bond motifs is 1. The SMILES string of the molecule is CC(C)(C)C(=O)n1cc(CC[NH3+])c2ccccc21. The summed E-state index contributed by atoms with van der Waals surface area (Å²) in [5, 5.41) is 1.17. The molecule has 1 aromatic heterocycles. The summed E-state index contributed by atoms with van der Waals surface area (Å²) in [6.45, 7) is 6.69. The highest BCUT2D eigenvalue weighted by Gasteiger charge is 2.25. The second-order valence-corrected chi connectivity index (χ2v) is 5.70. The molecule has 0 saturated heterocycles. The van der Waals surface area contributed by atoms with Crippen LogP contribution in [0.2, 0.25) is 0 Å². The van der Waals surface area contributed by atoms with Gasteiger partial charge in [-0.2, -0.15) is 0 Å². The molecule has 3 nitrogen and oxygen atoms in total. The smallest absolute Gasteiger partial charge is 0.236 e. The van der Waals surface area contributed by atoms with E-state index in [1.165, 1.54) is 10.9 Å². The molecule has 0 amide bonds. The van der Waals surface area contributed by atoms with Crippen molar-refractivity contribution in [2.24, 2.45) is 5.41 Å². The minimum Gasteiger partial charge on any atom is -0.357 e. The maximum absolute atomic E-state index is 12.4. The predicted molar refractivity (Wildman–Crippen MR) is 73.5 cm³/mol. The van der Waals surface area contributed by atoms with Gasteiger partial charge in [0.15, 0.2) is 0 Å². The predicted octanol–water partition coefficient (Wildman–Crippen LogP) is 2.11. The van der Waals surface area contributed by atoms with Crippen LogP contribution < -0.4 is 5.73 Å². The first-order valence-corrected chi connectivity index (χ1v) is 6.38. The summed E-state index contributed by atoms with van der Waals surface area (Å²) < 4.78 is 1.79. The van der Waals surface area contributed by atoms with Crippen LogP contribution in [-0.4, -0.2) is 17.0 Å². The van der Waals surface area contributed by atoms with Crippen molar-refractivity contribution in [1.82, 2.24) is 4.57 Å². The van der Waals surface area contributed by atoms with Gasteiger partial charge < -0.3 is 5.73 Å². The number of carbonyl (C=O) groups is 1. The second-order valence-electron chi connectivity index (χ2n) is 5.70. The van der Waals surface area contributed by atoms with Crippen LogP contribution in [-0.2, 0) is 6.42 Å². The number of quaternary nitrogens is 1. The molecule has 0 bridgehead atoms. The Kier molecular flexibility index (Phi) is 3.26. The Morgan fingerprint density at radius 2 is 1.94 bits per heavy atom. The molecule has 0 unspecified atom stereocenters. The second kappa shape index (κ2) is 4.58. The topological polar surface area (TPSA) is 49.6 Å². The molecule has 0 spiro atoms. The standard InChI is InChI=1S/C15H20N2O/c1-15(2,3)14(18)17-10-11(8-9-16)12-6-4-5-7-13(12)17/h4-7,10H,8-9,16H2,1-3H3/p+1. The molecule has 1 aromatic carbocycles. The summed E-state index contributed by atoms with van der Waals surface area (Å²) in [6.07, 6.45) is 2.88. The third-order valence-corrected chi connectivity index (χ3v) is 3.10. The summed E-state index contributed by atoms with van der Waals surface area (Å²) in [7, 11) is 0. The van der Waals surface area contributed by atoms with Gasteiger partial charge in [-0.3, -0.25) is 9.36 Å². The van der Waals surface area contributed by atoms with Gasteiger partial charge in [-0.05, 0) is 11.6 Å². The van der Waals surface area contributed by atoms with Gasteiger partial charge in [0.2, 0.25) is 5.91 Å². The molecule has 2 aromatic rings. The van der Waals surface area contributed by atoms with Crippen molar-refractivity contribution >= 4 is 16.8 Å². The van der Waals surface area contributed by atoms with Gasteiger partial charge in [0.1, 0.15) is 0 Å². The minimum absolute atomic E-state index is 0.133. The Morgan fingerprint density at radius 3 is 2.56 bits per heavy atom. The lowest BCUT2D eigenvalue weighted by atomic mass is 9.95. The molecule has 96 valence electrons. The first kappa shape index (κ1) is 12.8. The molecule has 0 saturated carbocycles. The van der Waals surface area contributed by atoms with Crippen molar-refractivity contribution in [3.8, 4) is 0 Å². The van der Waals surface area contributed by atoms with Gasteiger partial charge in [0.05, 0.1) is 12.1 Å². The minimum atomic E-state index is -0.372. The molecule has 1 heterocycles. The van der Waals surface area contributed by atoms with Crippen molar-refractivity contribution in [1.29, 1.82) is 0 Å². The Morgan fingerprint density at radius 1 is 1.28 bits per heavy atom. The molecule has 2 rings (SSSR count). The van der Waals surface area contributed by atoms with E-state index in [2.05, 4.69) is 11.8 Å². The summed E-state index contributed by atoms with van der Waals surface area (Å²) in [5.74, 6) is 0.133. The van der Waals surface area contributed by atoms with E-state index in [-0.39, 0.29) is 11.3 Å². The van der Waals surface area contributed by atoms with Crippen LogP contribution >= 0.6 is 0 Å². The maximum atomic E-state index is 12.4. The van der Waals surface area contributed by atoms with Crippen molar-refractivity contribution < 1.29 is 10.5 Å². The van der Waals surface area contributed by atoms with Gasteiger partial charge in [-0.15, -0.1) is 0 Å². The molecule has 3 N–H and O–H groups in total. The number of carbonyl (C=O) groups excluding carboxylic acids is 1. The van der Waals surface area contributed by atoms with E-state index in [9.17, 15) is 4.79 Å². The van der Waals surface area contributed by atoms with Gasteiger partial charge in [-0.1, -0.05) is 39.0 Å². The molecule has 18 heavy (non-hydrogen) atoms. The Bertz CT molecular complexity index is 576. The molecule has 3 heteroatoms. The maximum Gasteiger partial charge on any atom is 0.236 e. The fraction of sp³-hybridized carbons (Fsp3) is 0.400. The molecular formula is C15H21N2O+. The van der Waals surface area contributed by atoms with Crippen LogP contribution in [0.1, 0.15) is 31.1 Å². The Hall–Kier alpha value is -1.61. The molecule has 0 radical (unpaired) electrons. The van der Waals surface area contributed by atoms with Crippen molar-refractivity contribution in [2.75, 3.05) is 6.54 Å². The normalized spacial score (nSPS) is 12.0. The Labute approximate surface area is 108 Å². The summed E-state index contributed by atoms with van der Waals surface area (Å²) in [5.41, 5.74) is 5.73. The van der Waals surface area contributed by atoms with E-state index in [0.29, 0.717) is 0 Å². The van der Waals surface area contributed by atoms with Crippen LogP contribution in [0.3, 0.4) is 0 Å². The zero-order valence-corrected chi connectivity index (χ0v) is 11.4. The van der Waals surface area contributed by atoms with E-state index in [1.807, 2.05) is 45.2 Å². The van der Waals surface area contributed by atoms with Gasteiger partial charge in [0.25, 0.3) is 0 Å². The van der Waals surface area contributed by atoms with Crippen LogP contribution in [0.15, 0.2) is 30.5 Å². The highest BCUT2D eigenvalue weighted by Crippen LogP contribution is 2.25. The lowest BCUT2D eigenvalue weighted by molar-refractivity contribution is -0.366. The van der Waals surface area contributed by atoms with E-state index in [4.69, 9.17) is 0 Å². The fourth-order valence-electron chi connectivity index (χ4n) is 2.17.